The van der Waals surface area contributed by atoms with Crippen molar-refractivity contribution in [3.05, 3.63) is 106 Å². The normalized spacial score (nSPS) is 22.8. The van der Waals surface area contributed by atoms with Crippen LogP contribution in [0.1, 0.15) is 18.4 Å². The van der Waals surface area contributed by atoms with Gasteiger partial charge in [0.05, 0.1) is 47.6 Å². The number of azo groups is 1. The molecule has 1 fully saturated rings. The van der Waals surface area contributed by atoms with Gasteiger partial charge in [-0.2, -0.15) is 10.2 Å². The smallest absolute Gasteiger partial charge is 0.238 e. The third kappa shape index (κ3) is 6.06. The van der Waals surface area contributed by atoms with E-state index in [9.17, 15) is 24.3 Å². The molecule has 4 atom stereocenters. The van der Waals surface area contributed by atoms with Gasteiger partial charge in [-0.1, -0.05) is 23.8 Å². The molecular formula is C40H35BrN4O7. The molecule has 0 aromatic heterocycles. The van der Waals surface area contributed by atoms with E-state index in [-0.39, 0.29) is 51.5 Å². The molecule has 4 unspecified atom stereocenters. The highest BCUT2D eigenvalue weighted by Gasteiger charge is 2.56. The van der Waals surface area contributed by atoms with Gasteiger partial charge in [0.1, 0.15) is 0 Å². The Labute approximate surface area is 308 Å². The van der Waals surface area contributed by atoms with Crippen molar-refractivity contribution in [2.24, 2.45) is 33.9 Å². The standard InChI is InChI=1S/C40H35BrN4O7/c1-44(2)24-10-6-22(7-11-24)42-43-23-8-12-25(13-9-23)45-39(49)28-16-15-26-27(14-5-21-17-33(51-3)38(48)34(18-21)52-4)35-30(19-29(26)36(28)40(45)50)37(47)31(41)20-32(35)46/h5-15,17-18,20,27-29,36,48H,16,19H2,1-4H3. The molecule has 1 saturated heterocycles. The molecule has 0 spiro atoms. The van der Waals surface area contributed by atoms with E-state index in [1.165, 1.54) is 25.2 Å². The van der Waals surface area contributed by atoms with Gasteiger partial charge in [0.15, 0.2) is 23.1 Å². The van der Waals surface area contributed by atoms with Crippen LogP contribution in [0.2, 0.25) is 0 Å². The van der Waals surface area contributed by atoms with Gasteiger partial charge < -0.3 is 19.5 Å². The summed E-state index contributed by atoms with van der Waals surface area (Å²) < 4.78 is 10.8. The Balaban J connectivity index is 1.18. The van der Waals surface area contributed by atoms with Gasteiger partial charge in [-0.3, -0.25) is 24.1 Å². The number of nitrogens with zero attached hydrogens (tertiary/aromatic N) is 4. The van der Waals surface area contributed by atoms with Gasteiger partial charge in [0.2, 0.25) is 17.6 Å². The number of halogens is 1. The van der Waals surface area contributed by atoms with Crippen LogP contribution in [0.3, 0.4) is 0 Å². The molecule has 0 saturated carbocycles. The largest absolute Gasteiger partial charge is 0.502 e. The number of Topliss-reactive ketones (excluding diaryl/α,β-unsaturated/α-hetero) is 1. The molecule has 11 nitrogen and oxygen atoms in total. The Morgan fingerprint density at radius 2 is 1.50 bits per heavy atom. The summed E-state index contributed by atoms with van der Waals surface area (Å²) in [6, 6.07) is 17.7. The molecule has 0 bridgehead atoms. The molecule has 52 heavy (non-hydrogen) atoms. The number of phenols is 1. The number of methoxy groups -OCH3 is 2. The number of ketones is 2. The van der Waals surface area contributed by atoms with Crippen molar-refractivity contribution in [1.82, 2.24) is 0 Å². The summed E-state index contributed by atoms with van der Waals surface area (Å²) in [6.45, 7) is 0. The molecule has 1 heterocycles. The topological polar surface area (TPSA) is 138 Å². The Morgan fingerprint density at radius 1 is 0.885 bits per heavy atom. The van der Waals surface area contributed by atoms with Crippen LogP contribution in [-0.4, -0.2) is 56.8 Å². The van der Waals surface area contributed by atoms with E-state index in [0.29, 0.717) is 40.2 Å². The monoisotopic (exact) mass is 762 g/mol. The lowest BCUT2D eigenvalue weighted by Gasteiger charge is -2.41. The quantitative estimate of drug-likeness (QED) is 0.108. The van der Waals surface area contributed by atoms with Crippen LogP contribution in [0.25, 0.3) is 6.08 Å². The van der Waals surface area contributed by atoms with Crippen molar-refractivity contribution in [2.45, 2.75) is 12.8 Å². The molecule has 0 radical (unpaired) electrons. The van der Waals surface area contributed by atoms with E-state index in [1.807, 2.05) is 55.4 Å². The van der Waals surface area contributed by atoms with Gasteiger partial charge in [-0.15, -0.1) is 0 Å². The minimum atomic E-state index is -0.719. The zero-order chi connectivity index (χ0) is 36.8. The van der Waals surface area contributed by atoms with Crippen molar-refractivity contribution in [2.75, 3.05) is 38.1 Å². The van der Waals surface area contributed by atoms with Crippen molar-refractivity contribution in [3.8, 4) is 17.2 Å². The lowest BCUT2D eigenvalue weighted by atomic mass is 9.61. The zero-order valence-electron chi connectivity index (χ0n) is 28.9. The number of carbonyl (C=O) groups is 4. The van der Waals surface area contributed by atoms with Crippen LogP contribution in [-0.2, 0) is 19.2 Å². The van der Waals surface area contributed by atoms with Crippen LogP contribution >= 0.6 is 15.9 Å². The number of carbonyl (C=O) groups excluding carboxylic acids is 4. The summed E-state index contributed by atoms with van der Waals surface area (Å²) in [5.74, 6) is -3.44. The highest BCUT2D eigenvalue weighted by atomic mass is 79.9. The summed E-state index contributed by atoms with van der Waals surface area (Å²) in [4.78, 5) is 58.5. The molecule has 3 aromatic carbocycles. The Morgan fingerprint density at radius 3 is 2.10 bits per heavy atom. The van der Waals surface area contributed by atoms with E-state index < -0.39 is 23.7 Å². The Kier molecular flexibility index (Phi) is 9.26. The van der Waals surface area contributed by atoms with Crippen molar-refractivity contribution < 1.29 is 33.8 Å². The van der Waals surface area contributed by atoms with Crippen molar-refractivity contribution >= 4 is 68.1 Å². The zero-order valence-corrected chi connectivity index (χ0v) is 30.5. The SMILES string of the molecule is COc1cc(C=CC2C3=CCC4C(=O)N(c5ccc(N=Nc6ccc(N(C)C)cc6)cc5)C(=O)C4C3CC3=C2C(=O)C=C(Br)C3=O)cc(OC)c1O. The lowest BCUT2D eigenvalue weighted by molar-refractivity contribution is -0.123. The fourth-order valence-corrected chi connectivity index (χ4v) is 8.00. The van der Waals surface area contributed by atoms with Gasteiger partial charge >= 0.3 is 0 Å². The number of imide groups is 1. The van der Waals surface area contributed by atoms with Gasteiger partial charge in [-0.25, -0.2) is 0 Å². The summed E-state index contributed by atoms with van der Waals surface area (Å²) in [5.41, 5.74) is 4.86. The van der Waals surface area contributed by atoms with E-state index in [4.69, 9.17) is 9.47 Å². The average Bonchev–Trinajstić information content (AvgIpc) is 3.41. The predicted octanol–water partition coefficient (Wildman–Crippen LogP) is 7.40. The molecule has 4 aliphatic rings. The first-order chi connectivity index (χ1) is 25.0. The minimum absolute atomic E-state index is 0.145. The van der Waals surface area contributed by atoms with Crippen LogP contribution in [0.4, 0.5) is 22.7 Å². The molecule has 3 aliphatic carbocycles. The van der Waals surface area contributed by atoms with Gasteiger partial charge in [-0.05, 0) is 101 Å². The molecule has 3 aromatic rings. The lowest BCUT2D eigenvalue weighted by Crippen LogP contribution is -2.40. The number of ether oxygens (including phenoxy) is 2. The highest BCUT2D eigenvalue weighted by molar-refractivity contribution is 9.12. The first kappa shape index (κ1) is 34.8. The van der Waals surface area contributed by atoms with Crippen molar-refractivity contribution in [1.29, 1.82) is 0 Å². The summed E-state index contributed by atoms with van der Waals surface area (Å²) in [5, 5.41) is 19.0. The molecule has 1 aliphatic heterocycles. The maximum absolute atomic E-state index is 14.3. The number of aromatic hydroxyl groups is 1. The Hall–Kier alpha value is -5.62. The average molecular weight is 764 g/mol. The van der Waals surface area contributed by atoms with Crippen LogP contribution in [0.15, 0.2) is 110 Å². The molecule has 1 N–H and O–H groups in total. The van der Waals surface area contributed by atoms with Crippen LogP contribution in [0, 0.1) is 23.7 Å². The molecule has 12 heteroatoms. The van der Waals surface area contributed by atoms with E-state index >= 15 is 0 Å². The van der Waals surface area contributed by atoms with E-state index in [1.54, 1.807) is 42.5 Å². The molecular weight excluding hydrogens is 728 g/mol. The second-order valence-electron chi connectivity index (χ2n) is 13.2. The second-order valence-corrected chi connectivity index (χ2v) is 14.1. The number of phenolic OH excluding ortho intramolecular Hbond substituents is 1. The number of hydrogen-bond acceptors (Lipinski definition) is 10. The highest BCUT2D eigenvalue weighted by Crippen LogP contribution is 2.53. The number of fused-ring (bicyclic) bond motifs is 3. The first-order valence-electron chi connectivity index (χ1n) is 16.7. The fraction of sp³-hybridized carbons (Fsp3) is 0.250. The van der Waals surface area contributed by atoms with Crippen LogP contribution in [0.5, 0.6) is 17.2 Å². The Bertz CT molecular complexity index is 2140. The maximum atomic E-state index is 14.3. The number of amides is 2. The maximum Gasteiger partial charge on any atom is 0.238 e. The van der Waals surface area contributed by atoms with Gasteiger partial charge in [0, 0.05) is 42.9 Å². The predicted molar refractivity (Wildman–Crippen MR) is 199 cm³/mol. The fourth-order valence-electron chi connectivity index (χ4n) is 7.56. The minimum Gasteiger partial charge on any atom is -0.502 e. The van der Waals surface area contributed by atoms with Crippen molar-refractivity contribution in [3.63, 3.8) is 0 Å². The summed E-state index contributed by atoms with van der Waals surface area (Å²) in [6.07, 6.45) is 7.30. The van der Waals surface area contributed by atoms with Crippen LogP contribution < -0.4 is 19.3 Å². The molecule has 7 rings (SSSR count). The summed E-state index contributed by atoms with van der Waals surface area (Å²) >= 11 is 3.26. The molecule has 2 amide bonds. The number of anilines is 2. The number of benzene rings is 3. The molecule has 264 valence electrons. The number of hydrogen-bond donors (Lipinski definition) is 1. The van der Waals surface area contributed by atoms with Gasteiger partial charge in [0.25, 0.3) is 0 Å². The first-order valence-corrected chi connectivity index (χ1v) is 17.5. The number of allylic oxidation sites excluding steroid dienone is 7. The third-order valence-electron chi connectivity index (χ3n) is 10.1. The second kappa shape index (κ2) is 13.8. The number of rotatable bonds is 8. The van der Waals surface area contributed by atoms with E-state index in [0.717, 1.165) is 11.3 Å². The third-order valence-corrected chi connectivity index (χ3v) is 10.7. The van der Waals surface area contributed by atoms with E-state index in [2.05, 4.69) is 26.2 Å². The summed E-state index contributed by atoms with van der Waals surface area (Å²) in [7, 11) is 6.78.